The van der Waals surface area contributed by atoms with E-state index in [1.54, 1.807) is 4.90 Å². The molecule has 9 nitrogen and oxygen atoms in total. The summed E-state index contributed by atoms with van der Waals surface area (Å²) in [5, 5.41) is 18.0. The monoisotopic (exact) mass is 283 g/mol. The molecule has 110 valence electrons. The van der Waals surface area contributed by atoms with E-state index >= 15 is 0 Å². The lowest BCUT2D eigenvalue weighted by molar-refractivity contribution is 0.280. The molecule has 9 heteroatoms. The number of aromatic amines is 1. The number of imidazole rings is 1. The lowest BCUT2D eigenvalue weighted by Crippen LogP contribution is -2.36. The summed E-state index contributed by atoms with van der Waals surface area (Å²) in [7, 11) is 2.92. The first-order valence-corrected chi connectivity index (χ1v) is 6.13. The molecule has 3 N–H and O–H groups in total. The molecule has 0 saturated carbocycles. The van der Waals surface area contributed by atoms with Gasteiger partial charge in [0.15, 0.2) is 11.2 Å². The molecular weight excluding hydrogens is 266 g/mol. The van der Waals surface area contributed by atoms with E-state index in [9.17, 15) is 9.59 Å². The number of nitrogens with one attached hydrogen (secondary N) is 1. The third-order valence-electron chi connectivity index (χ3n) is 3.12. The van der Waals surface area contributed by atoms with Crippen LogP contribution in [0.2, 0.25) is 0 Å². The number of anilines is 1. The highest BCUT2D eigenvalue weighted by Gasteiger charge is 2.16. The summed E-state index contributed by atoms with van der Waals surface area (Å²) < 4.78 is 2.26. The van der Waals surface area contributed by atoms with Gasteiger partial charge < -0.3 is 20.1 Å². The highest BCUT2D eigenvalue weighted by atomic mass is 16.3. The zero-order valence-electron chi connectivity index (χ0n) is 11.3. The molecule has 0 bridgehead atoms. The van der Waals surface area contributed by atoms with Crippen molar-refractivity contribution in [3.63, 3.8) is 0 Å². The number of nitrogens with zero attached hydrogens (tertiary/aromatic N) is 4. The van der Waals surface area contributed by atoms with E-state index in [0.717, 1.165) is 4.57 Å². The maximum atomic E-state index is 12.0. The van der Waals surface area contributed by atoms with E-state index in [-0.39, 0.29) is 37.5 Å². The maximum absolute atomic E-state index is 12.0. The van der Waals surface area contributed by atoms with Gasteiger partial charge in [-0.05, 0) is 0 Å². The quantitative estimate of drug-likeness (QED) is 0.571. The second kappa shape index (κ2) is 5.47. The average molecular weight is 283 g/mol. The minimum Gasteiger partial charge on any atom is -0.395 e. The zero-order valence-corrected chi connectivity index (χ0v) is 11.3. The number of aryl methyl sites for hydroxylation is 1. The van der Waals surface area contributed by atoms with Gasteiger partial charge >= 0.3 is 5.69 Å². The van der Waals surface area contributed by atoms with Gasteiger partial charge in [-0.1, -0.05) is 0 Å². The van der Waals surface area contributed by atoms with Crippen molar-refractivity contribution < 1.29 is 10.2 Å². The number of aromatic nitrogens is 4. The summed E-state index contributed by atoms with van der Waals surface area (Å²) >= 11 is 0. The van der Waals surface area contributed by atoms with E-state index in [2.05, 4.69) is 9.97 Å². The van der Waals surface area contributed by atoms with Crippen LogP contribution < -0.4 is 16.1 Å². The van der Waals surface area contributed by atoms with E-state index in [0.29, 0.717) is 5.95 Å². The predicted molar refractivity (Wildman–Crippen MR) is 73.0 cm³/mol. The number of H-pyrrole nitrogens is 1. The number of fused-ring (bicyclic) bond motifs is 1. The highest BCUT2D eigenvalue weighted by Crippen LogP contribution is 2.12. The van der Waals surface area contributed by atoms with E-state index in [1.165, 1.54) is 18.7 Å². The topological polar surface area (TPSA) is 116 Å². The van der Waals surface area contributed by atoms with Crippen LogP contribution in [0.4, 0.5) is 5.95 Å². The third kappa shape index (κ3) is 2.21. The van der Waals surface area contributed by atoms with Crippen LogP contribution >= 0.6 is 0 Å². The van der Waals surface area contributed by atoms with Crippen molar-refractivity contribution in [3.8, 4) is 0 Å². The Labute approximate surface area is 113 Å². The van der Waals surface area contributed by atoms with Crippen LogP contribution in [0.3, 0.4) is 0 Å². The molecule has 2 aromatic rings. The van der Waals surface area contributed by atoms with Crippen LogP contribution in [0.15, 0.2) is 9.59 Å². The standard InChI is InChI=1S/C11H17N5O4/c1-14-8-7(9(19)15(2)11(14)20)12-10(13-8)16(3-5-17)4-6-18/h17-18H,3-6H2,1-2H3,(H,12,13). The molecule has 2 rings (SSSR count). The number of aliphatic hydroxyl groups is 2. The Balaban J connectivity index is 2.64. The summed E-state index contributed by atoms with van der Waals surface area (Å²) in [6.45, 7) is 0.283. The van der Waals surface area contributed by atoms with Gasteiger partial charge in [-0.25, -0.2) is 4.79 Å². The summed E-state index contributed by atoms with van der Waals surface area (Å²) in [4.78, 5) is 32.5. The van der Waals surface area contributed by atoms with Gasteiger partial charge in [0.05, 0.1) is 13.2 Å². The Hall–Kier alpha value is -2.13. The molecule has 0 spiro atoms. The van der Waals surface area contributed by atoms with Crippen LogP contribution in [0.1, 0.15) is 0 Å². The van der Waals surface area contributed by atoms with Crippen molar-refractivity contribution >= 4 is 17.1 Å². The van der Waals surface area contributed by atoms with Crippen molar-refractivity contribution in [2.75, 3.05) is 31.2 Å². The van der Waals surface area contributed by atoms with Gasteiger partial charge in [0.2, 0.25) is 5.95 Å². The summed E-state index contributed by atoms with van der Waals surface area (Å²) in [5.41, 5.74) is -0.467. The molecule has 2 aromatic heterocycles. The number of hydrogen-bond donors (Lipinski definition) is 3. The van der Waals surface area contributed by atoms with Crippen LogP contribution in [-0.4, -0.2) is 55.6 Å². The fourth-order valence-corrected chi connectivity index (χ4v) is 2.03. The van der Waals surface area contributed by atoms with E-state index in [1.807, 2.05) is 0 Å². The molecule has 0 fully saturated rings. The normalized spacial score (nSPS) is 11.2. The Bertz CT molecular complexity index is 723. The summed E-state index contributed by atoms with van der Waals surface area (Å²) in [6.07, 6.45) is 0. The molecule has 0 aliphatic carbocycles. The minimum atomic E-state index is -0.463. The van der Waals surface area contributed by atoms with Gasteiger partial charge in [-0.2, -0.15) is 4.98 Å². The van der Waals surface area contributed by atoms with Crippen LogP contribution in [0.5, 0.6) is 0 Å². The Morgan fingerprint density at radius 1 is 1.15 bits per heavy atom. The number of rotatable bonds is 5. The first kappa shape index (κ1) is 14.3. The molecule has 0 unspecified atom stereocenters. The molecule has 0 amide bonds. The first-order chi connectivity index (χ1) is 9.51. The zero-order chi connectivity index (χ0) is 14.9. The Morgan fingerprint density at radius 2 is 1.75 bits per heavy atom. The van der Waals surface area contributed by atoms with Gasteiger partial charge in [-0.3, -0.25) is 13.9 Å². The molecular formula is C11H17N5O4. The van der Waals surface area contributed by atoms with Gasteiger partial charge in [0.25, 0.3) is 5.56 Å². The minimum absolute atomic E-state index is 0.117. The SMILES string of the molecule is Cn1c(=O)c2[nH]c(N(CCO)CCO)nc2n(C)c1=O. The molecule has 0 atom stereocenters. The molecule has 20 heavy (non-hydrogen) atoms. The van der Waals surface area contributed by atoms with Crippen LogP contribution in [-0.2, 0) is 14.1 Å². The highest BCUT2D eigenvalue weighted by molar-refractivity contribution is 5.72. The first-order valence-electron chi connectivity index (χ1n) is 6.13. The number of hydrogen-bond acceptors (Lipinski definition) is 6. The smallest absolute Gasteiger partial charge is 0.332 e. The van der Waals surface area contributed by atoms with Crippen molar-refractivity contribution in [1.82, 2.24) is 19.1 Å². The fourth-order valence-electron chi connectivity index (χ4n) is 2.03. The second-order valence-electron chi connectivity index (χ2n) is 4.40. The van der Waals surface area contributed by atoms with Gasteiger partial charge in [0.1, 0.15) is 0 Å². The molecule has 0 radical (unpaired) electrons. The van der Waals surface area contributed by atoms with Gasteiger partial charge in [-0.15, -0.1) is 0 Å². The lowest BCUT2D eigenvalue weighted by Gasteiger charge is -2.18. The third-order valence-corrected chi connectivity index (χ3v) is 3.12. The van der Waals surface area contributed by atoms with Crippen LogP contribution in [0, 0.1) is 0 Å². The summed E-state index contributed by atoms with van der Waals surface area (Å²) in [5.74, 6) is 0.335. The molecule has 0 aliphatic heterocycles. The maximum Gasteiger partial charge on any atom is 0.332 e. The fraction of sp³-hybridized carbons (Fsp3) is 0.545. The Morgan fingerprint density at radius 3 is 2.30 bits per heavy atom. The Kier molecular flexibility index (Phi) is 3.91. The van der Waals surface area contributed by atoms with E-state index < -0.39 is 11.2 Å². The van der Waals surface area contributed by atoms with Crippen molar-refractivity contribution in [2.24, 2.45) is 14.1 Å². The number of aliphatic hydroxyl groups excluding tert-OH is 2. The summed E-state index contributed by atoms with van der Waals surface area (Å²) in [6, 6.07) is 0. The predicted octanol–water partition coefficient (Wildman–Crippen LogP) is -2.25. The largest absolute Gasteiger partial charge is 0.395 e. The van der Waals surface area contributed by atoms with Gasteiger partial charge in [0, 0.05) is 27.2 Å². The van der Waals surface area contributed by atoms with Crippen molar-refractivity contribution in [2.45, 2.75) is 0 Å². The van der Waals surface area contributed by atoms with Crippen molar-refractivity contribution in [3.05, 3.63) is 20.8 Å². The van der Waals surface area contributed by atoms with E-state index in [4.69, 9.17) is 10.2 Å². The molecule has 0 aliphatic rings. The lowest BCUT2D eigenvalue weighted by atomic mass is 10.5. The molecule has 0 aromatic carbocycles. The average Bonchev–Trinajstić information content (AvgIpc) is 2.88. The van der Waals surface area contributed by atoms with Crippen molar-refractivity contribution in [1.29, 1.82) is 0 Å². The van der Waals surface area contributed by atoms with Crippen LogP contribution in [0.25, 0.3) is 11.2 Å². The molecule has 0 saturated heterocycles. The molecule has 2 heterocycles. The second-order valence-corrected chi connectivity index (χ2v) is 4.40.